The summed E-state index contributed by atoms with van der Waals surface area (Å²) in [5, 5.41) is 10.9. The number of β-amino-alcohol motifs (C(OH)–C–C–N with tert-alkyl or cyclic N) is 1. The Morgan fingerprint density at radius 2 is 2.17 bits per heavy atom. The van der Waals surface area contributed by atoms with Gasteiger partial charge in [-0.2, -0.15) is 0 Å². The highest BCUT2D eigenvalue weighted by molar-refractivity contribution is 7.22. The smallest absolute Gasteiger partial charge is 0.328 e. The number of aromatic nitrogens is 1. The van der Waals surface area contributed by atoms with Gasteiger partial charge >= 0.3 is 6.03 Å². The number of urea groups is 1. The average Bonchev–Trinajstić information content (AvgIpc) is 3.07. The van der Waals surface area contributed by atoms with Crippen LogP contribution in [0.4, 0.5) is 9.93 Å². The lowest BCUT2D eigenvalue weighted by molar-refractivity contribution is 0.177. The topological polar surface area (TPSA) is 56.7 Å². The first-order chi connectivity index (χ1) is 11.2. The summed E-state index contributed by atoms with van der Waals surface area (Å²) in [6.45, 7) is 5.22. The summed E-state index contributed by atoms with van der Waals surface area (Å²) in [5.74, 6) is 0. The fourth-order valence-electron chi connectivity index (χ4n) is 2.97. The Kier molecular flexibility index (Phi) is 4.82. The molecule has 0 spiro atoms. The van der Waals surface area contributed by atoms with Crippen LogP contribution in [0.15, 0.2) is 18.2 Å². The van der Waals surface area contributed by atoms with Crippen LogP contribution in [0.2, 0.25) is 0 Å². The van der Waals surface area contributed by atoms with Crippen LogP contribution < -0.4 is 4.90 Å². The second kappa shape index (κ2) is 6.84. The molecular weight excluding hydrogens is 310 g/mol. The van der Waals surface area contributed by atoms with Gasteiger partial charge < -0.3 is 10.0 Å². The molecule has 5 nitrogen and oxygen atoms in total. The maximum absolute atomic E-state index is 12.5. The molecule has 1 aliphatic heterocycles. The summed E-state index contributed by atoms with van der Waals surface area (Å²) in [6, 6.07) is 6.03. The van der Waals surface area contributed by atoms with E-state index >= 15 is 0 Å². The van der Waals surface area contributed by atoms with Gasteiger partial charge in [-0.1, -0.05) is 43.7 Å². The first kappa shape index (κ1) is 16.2. The van der Waals surface area contributed by atoms with Crippen molar-refractivity contribution >= 4 is 32.7 Å². The molecule has 1 aliphatic rings. The van der Waals surface area contributed by atoms with Crippen LogP contribution in [0, 0.1) is 0 Å². The SMILES string of the molecule is CCCCc1cccc2sc(N3C(=O)N(CCC)CC3O)nc12. The van der Waals surface area contributed by atoms with Crippen LogP contribution in [0.25, 0.3) is 10.2 Å². The Hall–Kier alpha value is -1.66. The van der Waals surface area contributed by atoms with Gasteiger partial charge in [0.05, 0.1) is 16.8 Å². The highest BCUT2D eigenvalue weighted by Crippen LogP contribution is 2.34. The number of nitrogens with zero attached hydrogens (tertiary/aromatic N) is 3. The van der Waals surface area contributed by atoms with Crippen molar-refractivity contribution in [1.29, 1.82) is 0 Å². The molecule has 0 saturated carbocycles. The van der Waals surface area contributed by atoms with E-state index in [1.807, 2.05) is 19.1 Å². The minimum atomic E-state index is -0.811. The molecule has 23 heavy (non-hydrogen) atoms. The number of anilines is 1. The third-order valence-corrected chi connectivity index (χ3v) is 5.17. The van der Waals surface area contributed by atoms with Crippen LogP contribution in [0.3, 0.4) is 0 Å². The van der Waals surface area contributed by atoms with Crippen molar-refractivity contribution in [3.63, 3.8) is 0 Å². The first-order valence-corrected chi connectivity index (χ1v) is 9.12. The first-order valence-electron chi connectivity index (χ1n) is 8.30. The number of rotatable bonds is 6. The molecule has 2 heterocycles. The normalized spacial score (nSPS) is 18.4. The third-order valence-electron chi connectivity index (χ3n) is 4.15. The number of hydrogen-bond donors (Lipinski definition) is 1. The van der Waals surface area contributed by atoms with Crippen LogP contribution in [-0.2, 0) is 6.42 Å². The van der Waals surface area contributed by atoms with Crippen molar-refractivity contribution in [3.8, 4) is 0 Å². The molecule has 0 aliphatic carbocycles. The monoisotopic (exact) mass is 333 g/mol. The maximum atomic E-state index is 12.5. The largest absolute Gasteiger partial charge is 0.371 e. The molecule has 1 fully saturated rings. The zero-order chi connectivity index (χ0) is 16.4. The second-order valence-corrected chi connectivity index (χ2v) is 6.95. The molecule has 3 rings (SSSR count). The van der Waals surface area contributed by atoms with Gasteiger partial charge in [-0.25, -0.2) is 14.7 Å². The number of thiazole rings is 1. The highest BCUT2D eigenvalue weighted by atomic mass is 32.1. The summed E-state index contributed by atoms with van der Waals surface area (Å²) in [4.78, 5) is 20.3. The molecule has 1 N–H and O–H groups in total. The molecule has 2 aromatic rings. The predicted octanol–water partition coefficient (Wildman–Crippen LogP) is 3.61. The Morgan fingerprint density at radius 1 is 1.35 bits per heavy atom. The van der Waals surface area contributed by atoms with Gasteiger partial charge in [0.2, 0.25) is 0 Å². The van der Waals surface area contributed by atoms with E-state index in [4.69, 9.17) is 0 Å². The molecule has 0 bridgehead atoms. The number of aryl methyl sites for hydroxylation is 1. The van der Waals surface area contributed by atoms with Gasteiger partial charge in [0, 0.05) is 6.54 Å². The van der Waals surface area contributed by atoms with Crippen molar-refractivity contribution in [2.45, 2.75) is 45.8 Å². The van der Waals surface area contributed by atoms with Crippen molar-refractivity contribution in [2.75, 3.05) is 18.0 Å². The van der Waals surface area contributed by atoms with Gasteiger partial charge in [0.25, 0.3) is 0 Å². The number of fused-ring (bicyclic) bond motifs is 1. The minimum absolute atomic E-state index is 0.145. The second-order valence-electron chi connectivity index (χ2n) is 5.94. The molecule has 0 radical (unpaired) electrons. The van der Waals surface area contributed by atoms with E-state index in [1.54, 1.807) is 4.90 Å². The van der Waals surface area contributed by atoms with Gasteiger partial charge in [0.15, 0.2) is 11.4 Å². The minimum Gasteiger partial charge on any atom is -0.371 e. The van der Waals surface area contributed by atoms with Crippen LogP contribution in [0.5, 0.6) is 0 Å². The number of carbonyl (C=O) groups excluding carboxylic acids is 1. The summed E-state index contributed by atoms with van der Waals surface area (Å²) >= 11 is 1.48. The summed E-state index contributed by atoms with van der Waals surface area (Å²) in [6.07, 6.45) is 3.33. The average molecular weight is 333 g/mol. The van der Waals surface area contributed by atoms with Crippen molar-refractivity contribution in [3.05, 3.63) is 23.8 Å². The molecule has 124 valence electrons. The molecule has 2 amide bonds. The van der Waals surface area contributed by atoms with E-state index in [0.29, 0.717) is 18.2 Å². The van der Waals surface area contributed by atoms with Crippen LogP contribution in [0.1, 0.15) is 38.7 Å². The predicted molar refractivity (Wildman–Crippen MR) is 94.0 cm³/mol. The van der Waals surface area contributed by atoms with Gasteiger partial charge in [-0.15, -0.1) is 0 Å². The fourth-order valence-corrected chi connectivity index (χ4v) is 4.02. The molecule has 1 aromatic heterocycles. The molecule has 1 saturated heterocycles. The molecule has 6 heteroatoms. The summed E-state index contributed by atoms with van der Waals surface area (Å²) in [7, 11) is 0. The van der Waals surface area contributed by atoms with E-state index in [9.17, 15) is 9.90 Å². The van der Waals surface area contributed by atoms with Crippen LogP contribution in [-0.4, -0.2) is 40.3 Å². The summed E-state index contributed by atoms with van der Waals surface area (Å²) < 4.78 is 1.07. The van der Waals surface area contributed by atoms with E-state index in [0.717, 1.165) is 35.9 Å². The van der Waals surface area contributed by atoms with Crippen molar-refractivity contribution < 1.29 is 9.90 Å². The van der Waals surface area contributed by atoms with Crippen molar-refractivity contribution in [1.82, 2.24) is 9.88 Å². The Balaban J connectivity index is 1.93. The molecular formula is C17H23N3O2S. The fraction of sp³-hybridized carbons (Fsp3) is 0.529. The Bertz CT molecular complexity index is 700. The van der Waals surface area contributed by atoms with E-state index < -0.39 is 6.23 Å². The molecule has 1 unspecified atom stereocenters. The molecule has 1 aromatic carbocycles. The number of benzene rings is 1. The quantitative estimate of drug-likeness (QED) is 0.878. The lowest BCUT2D eigenvalue weighted by Gasteiger charge is -2.16. The van der Waals surface area contributed by atoms with Crippen molar-refractivity contribution in [2.24, 2.45) is 0 Å². The maximum Gasteiger partial charge on any atom is 0.328 e. The van der Waals surface area contributed by atoms with Gasteiger partial charge in [-0.3, -0.25) is 0 Å². The number of amides is 2. The number of carbonyl (C=O) groups is 1. The lowest BCUT2D eigenvalue weighted by Crippen LogP contribution is -2.35. The molecule has 1 atom stereocenters. The zero-order valence-corrected chi connectivity index (χ0v) is 14.5. The highest BCUT2D eigenvalue weighted by Gasteiger charge is 2.38. The van der Waals surface area contributed by atoms with E-state index in [1.165, 1.54) is 21.8 Å². The lowest BCUT2D eigenvalue weighted by atomic mass is 10.1. The number of para-hydroxylation sites is 1. The van der Waals surface area contributed by atoms with Crippen LogP contribution >= 0.6 is 11.3 Å². The Labute approximate surface area is 140 Å². The van der Waals surface area contributed by atoms with Gasteiger partial charge in [-0.05, 0) is 30.9 Å². The summed E-state index contributed by atoms with van der Waals surface area (Å²) in [5.41, 5.74) is 2.19. The zero-order valence-electron chi connectivity index (χ0n) is 13.7. The number of unbranched alkanes of at least 4 members (excludes halogenated alkanes) is 1. The van der Waals surface area contributed by atoms with Gasteiger partial charge in [0.1, 0.15) is 0 Å². The standard InChI is InChI=1S/C17H23N3O2S/c1-3-5-7-12-8-6-9-13-15(12)18-16(23-13)20-14(21)11-19(10-4-2)17(20)22/h6,8-9,14,21H,3-5,7,10-11H2,1-2H3. The number of aliphatic hydroxyl groups is 1. The van der Waals surface area contributed by atoms with E-state index in [-0.39, 0.29) is 6.03 Å². The van der Waals surface area contributed by atoms with E-state index in [2.05, 4.69) is 18.0 Å². The Morgan fingerprint density at radius 3 is 2.91 bits per heavy atom. The number of aliphatic hydroxyl groups excluding tert-OH is 1. The number of hydrogen-bond acceptors (Lipinski definition) is 4. The third kappa shape index (κ3) is 3.05.